The summed E-state index contributed by atoms with van der Waals surface area (Å²) in [6.07, 6.45) is 0. The molecule has 1 unspecified atom stereocenters. The Bertz CT molecular complexity index is 528. The third-order valence-corrected chi connectivity index (χ3v) is 4.83. The lowest BCUT2D eigenvalue weighted by molar-refractivity contribution is 0.107. The van der Waals surface area contributed by atoms with E-state index in [4.69, 9.17) is 4.42 Å². The Balaban J connectivity index is 1.82. The van der Waals surface area contributed by atoms with Gasteiger partial charge in [-0.05, 0) is 34.2 Å². The Morgan fingerprint density at radius 1 is 1.20 bits per heavy atom. The fourth-order valence-corrected chi connectivity index (χ4v) is 2.99. The standard InChI is InChI=1S/C18H34N6O/c1-6-19-18(21-13-17-22-15(4)16(5)25-17)20-12-14(3)24-10-8-23(7-2)9-11-24/h14H,6-13H2,1-5H3,(H2,19,20,21). The molecule has 2 heterocycles. The van der Waals surface area contributed by atoms with Crippen LogP contribution < -0.4 is 10.6 Å². The number of nitrogens with one attached hydrogen (secondary N) is 2. The fourth-order valence-electron chi connectivity index (χ4n) is 2.99. The van der Waals surface area contributed by atoms with Crippen LogP contribution in [0.2, 0.25) is 0 Å². The van der Waals surface area contributed by atoms with Crippen molar-refractivity contribution in [2.24, 2.45) is 4.99 Å². The third kappa shape index (κ3) is 6.01. The Morgan fingerprint density at radius 2 is 1.92 bits per heavy atom. The molecule has 1 fully saturated rings. The van der Waals surface area contributed by atoms with Gasteiger partial charge in [0.15, 0.2) is 5.96 Å². The number of guanidine groups is 1. The van der Waals surface area contributed by atoms with Gasteiger partial charge >= 0.3 is 0 Å². The van der Waals surface area contributed by atoms with E-state index in [0.717, 1.165) is 63.2 Å². The van der Waals surface area contributed by atoms with Crippen LogP contribution in [0.1, 0.15) is 38.1 Å². The second kappa shape index (κ2) is 9.77. The molecule has 0 aliphatic carbocycles. The van der Waals surface area contributed by atoms with Crippen LogP contribution in [0.4, 0.5) is 0 Å². The number of piperazine rings is 1. The minimum atomic E-state index is 0.452. The van der Waals surface area contributed by atoms with Crippen LogP contribution in [-0.4, -0.2) is 72.6 Å². The van der Waals surface area contributed by atoms with Crippen LogP contribution >= 0.6 is 0 Å². The maximum Gasteiger partial charge on any atom is 0.216 e. The van der Waals surface area contributed by atoms with E-state index < -0.39 is 0 Å². The topological polar surface area (TPSA) is 68.9 Å². The van der Waals surface area contributed by atoms with Gasteiger partial charge in [-0.25, -0.2) is 9.98 Å². The number of aromatic nitrogens is 1. The number of aryl methyl sites for hydroxylation is 2. The largest absolute Gasteiger partial charge is 0.444 e. The van der Waals surface area contributed by atoms with Crippen molar-refractivity contribution in [3.8, 4) is 0 Å². The van der Waals surface area contributed by atoms with E-state index >= 15 is 0 Å². The molecule has 0 aromatic carbocycles. The molecular weight excluding hydrogens is 316 g/mol. The van der Waals surface area contributed by atoms with Gasteiger partial charge in [0.1, 0.15) is 12.3 Å². The predicted molar refractivity (Wildman–Crippen MR) is 102 cm³/mol. The van der Waals surface area contributed by atoms with Gasteiger partial charge in [-0.1, -0.05) is 6.92 Å². The maximum atomic E-state index is 5.60. The zero-order valence-corrected chi connectivity index (χ0v) is 16.4. The van der Waals surface area contributed by atoms with Crippen LogP contribution in [0, 0.1) is 13.8 Å². The molecule has 7 heteroatoms. The summed E-state index contributed by atoms with van der Waals surface area (Å²) in [6.45, 7) is 18.4. The summed E-state index contributed by atoms with van der Waals surface area (Å²) < 4.78 is 5.60. The molecule has 142 valence electrons. The molecule has 1 aromatic heterocycles. The number of hydrogen-bond donors (Lipinski definition) is 2. The highest BCUT2D eigenvalue weighted by molar-refractivity contribution is 5.79. The molecule has 1 atom stereocenters. The monoisotopic (exact) mass is 350 g/mol. The first kappa shape index (κ1) is 19.7. The van der Waals surface area contributed by atoms with Gasteiger partial charge in [0.2, 0.25) is 5.89 Å². The van der Waals surface area contributed by atoms with Gasteiger partial charge in [0.05, 0.1) is 5.69 Å². The number of oxazole rings is 1. The van der Waals surface area contributed by atoms with Gasteiger partial charge < -0.3 is 20.0 Å². The summed E-state index contributed by atoms with van der Waals surface area (Å²) in [7, 11) is 0. The molecular formula is C18H34N6O. The molecule has 0 bridgehead atoms. The van der Waals surface area contributed by atoms with Crippen LogP contribution in [0.25, 0.3) is 0 Å². The van der Waals surface area contributed by atoms with Crippen molar-refractivity contribution in [2.45, 2.75) is 47.2 Å². The van der Waals surface area contributed by atoms with Crippen molar-refractivity contribution in [3.63, 3.8) is 0 Å². The van der Waals surface area contributed by atoms with E-state index in [1.807, 2.05) is 13.8 Å². The van der Waals surface area contributed by atoms with Gasteiger partial charge in [0, 0.05) is 45.3 Å². The number of nitrogens with zero attached hydrogens (tertiary/aromatic N) is 4. The lowest BCUT2D eigenvalue weighted by Gasteiger charge is -2.37. The quantitative estimate of drug-likeness (QED) is 0.572. The molecule has 0 amide bonds. The zero-order chi connectivity index (χ0) is 18.2. The Morgan fingerprint density at radius 3 is 2.48 bits per heavy atom. The highest BCUT2D eigenvalue weighted by atomic mass is 16.4. The second-order valence-electron chi connectivity index (χ2n) is 6.64. The molecule has 2 rings (SSSR count). The summed E-state index contributed by atoms with van der Waals surface area (Å²) in [6, 6.07) is 0.481. The Labute approximate surface area is 151 Å². The number of likely N-dealkylation sites (N-methyl/N-ethyl adjacent to an activating group) is 1. The molecule has 1 aliphatic rings. The maximum absolute atomic E-state index is 5.60. The van der Waals surface area contributed by atoms with Gasteiger partial charge in [-0.15, -0.1) is 0 Å². The average Bonchev–Trinajstić information content (AvgIpc) is 2.95. The summed E-state index contributed by atoms with van der Waals surface area (Å²) in [5, 5.41) is 6.74. The summed E-state index contributed by atoms with van der Waals surface area (Å²) in [5.74, 6) is 2.34. The smallest absolute Gasteiger partial charge is 0.216 e. The normalized spacial score (nSPS) is 18.4. The highest BCUT2D eigenvalue weighted by Gasteiger charge is 2.20. The minimum absolute atomic E-state index is 0.452. The molecule has 2 N–H and O–H groups in total. The minimum Gasteiger partial charge on any atom is -0.444 e. The number of hydrogen-bond acceptors (Lipinski definition) is 5. The lowest BCUT2D eigenvalue weighted by Crippen LogP contribution is -2.53. The molecule has 1 saturated heterocycles. The number of rotatable bonds is 7. The van der Waals surface area contributed by atoms with Crippen LogP contribution in [0.3, 0.4) is 0 Å². The van der Waals surface area contributed by atoms with E-state index in [0.29, 0.717) is 18.5 Å². The molecule has 1 aliphatic heterocycles. The van der Waals surface area contributed by atoms with Crippen molar-refractivity contribution < 1.29 is 4.42 Å². The summed E-state index contributed by atoms with van der Waals surface area (Å²) in [5.41, 5.74) is 0.933. The second-order valence-corrected chi connectivity index (χ2v) is 6.64. The van der Waals surface area contributed by atoms with Crippen molar-refractivity contribution >= 4 is 5.96 Å². The van der Waals surface area contributed by atoms with Crippen LogP contribution in [0.5, 0.6) is 0 Å². The van der Waals surface area contributed by atoms with E-state index in [9.17, 15) is 0 Å². The SMILES string of the molecule is CCNC(=NCc1nc(C)c(C)o1)NCC(C)N1CCN(CC)CC1. The molecule has 1 aromatic rings. The molecule has 0 radical (unpaired) electrons. The fraction of sp³-hybridized carbons (Fsp3) is 0.778. The van der Waals surface area contributed by atoms with Crippen molar-refractivity contribution in [3.05, 3.63) is 17.3 Å². The summed E-state index contributed by atoms with van der Waals surface area (Å²) >= 11 is 0. The van der Waals surface area contributed by atoms with E-state index in [1.54, 1.807) is 0 Å². The van der Waals surface area contributed by atoms with Crippen molar-refractivity contribution in [1.82, 2.24) is 25.4 Å². The van der Waals surface area contributed by atoms with Crippen molar-refractivity contribution in [1.29, 1.82) is 0 Å². The summed E-state index contributed by atoms with van der Waals surface area (Å²) in [4.78, 5) is 14.0. The number of aliphatic imine (C=N–C) groups is 1. The predicted octanol–water partition coefficient (Wildman–Crippen LogP) is 1.37. The third-order valence-electron chi connectivity index (χ3n) is 4.83. The Kier molecular flexibility index (Phi) is 7.71. The van der Waals surface area contributed by atoms with Gasteiger partial charge in [-0.3, -0.25) is 4.90 Å². The molecule has 7 nitrogen and oxygen atoms in total. The first-order chi connectivity index (χ1) is 12.0. The van der Waals surface area contributed by atoms with Gasteiger partial charge in [-0.2, -0.15) is 0 Å². The Hall–Kier alpha value is -1.60. The lowest BCUT2D eigenvalue weighted by atomic mass is 10.2. The van der Waals surface area contributed by atoms with Crippen LogP contribution in [-0.2, 0) is 6.54 Å². The van der Waals surface area contributed by atoms with E-state index in [-0.39, 0.29) is 0 Å². The van der Waals surface area contributed by atoms with Gasteiger partial charge in [0.25, 0.3) is 0 Å². The average molecular weight is 351 g/mol. The first-order valence-electron chi connectivity index (χ1n) is 9.45. The van der Waals surface area contributed by atoms with Crippen molar-refractivity contribution in [2.75, 3.05) is 45.8 Å². The highest BCUT2D eigenvalue weighted by Crippen LogP contribution is 2.09. The zero-order valence-electron chi connectivity index (χ0n) is 16.4. The first-order valence-corrected chi connectivity index (χ1v) is 9.45. The molecule has 0 saturated carbocycles. The van der Waals surface area contributed by atoms with Crippen LogP contribution in [0.15, 0.2) is 9.41 Å². The molecule has 0 spiro atoms. The molecule has 25 heavy (non-hydrogen) atoms. The van der Waals surface area contributed by atoms with E-state index in [2.05, 4.69) is 51.2 Å². The van der Waals surface area contributed by atoms with E-state index in [1.165, 1.54) is 0 Å².